The van der Waals surface area contributed by atoms with Gasteiger partial charge in [0, 0.05) is 52.5 Å². The first-order valence-corrected chi connectivity index (χ1v) is 5.40. The maximum Gasteiger partial charge on any atom is 0.152 e. The molecule has 0 fully saturated rings. The van der Waals surface area contributed by atoms with Gasteiger partial charge in [-0.05, 0) is 18.1 Å². The van der Waals surface area contributed by atoms with Gasteiger partial charge in [-0.1, -0.05) is 29.3 Å². The van der Waals surface area contributed by atoms with Crippen LogP contribution in [0.5, 0.6) is 0 Å². The Hall–Kier alpha value is -0.701. The van der Waals surface area contributed by atoms with E-state index in [4.69, 9.17) is 0 Å². The van der Waals surface area contributed by atoms with Crippen LogP contribution >= 0.6 is 0 Å². The number of fused-ring (bicyclic) bond motifs is 2. The number of hydrogen-bond acceptors (Lipinski definition) is 2. The molecule has 0 spiro atoms. The fourth-order valence-electron chi connectivity index (χ4n) is 2.24. The van der Waals surface area contributed by atoms with Crippen molar-refractivity contribution in [3.63, 3.8) is 0 Å². The van der Waals surface area contributed by atoms with Gasteiger partial charge < -0.3 is 4.79 Å². The van der Waals surface area contributed by atoms with E-state index in [2.05, 4.69) is 6.07 Å². The number of benzene rings is 2. The minimum atomic E-state index is -0.103. The molecule has 2 aromatic rings. The van der Waals surface area contributed by atoms with Gasteiger partial charge in [0.05, 0.1) is 0 Å². The van der Waals surface area contributed by atoms with E-state index in [0.29, 0.717) is 22.3 Å². The molecule has 3 rings (SSSR count). The van der Waals surface area contributed by atoms with Gasteiger partial charge in [0.25, 0.3) is 0 Å². The fourth-order valence-corrected chi connectivity index (χ4v) is 2.24. The summed E-state index contributed by atoms with van der Waals surface area (Å²) in [5, 5.41) is 0. The molecule has 0 saturated carbocycles. The van der Waals surface area contributed by atoms with Crippen molar-refractivity contribution < 1.29 is 56.5 Å². The first-order chi connectivity index (χ1) is 8.20. The molecule has 0 N–H and O–H groups in total. The number of carbonyl (C=O) groups excluding carboxylic acids is 2. The number of ketones is 2. The second kappa shape index (κ2) is 5.12. The number of rotatable bonds is 0. The smallest absolute Gasteiger partial charge is 0.152 e. The van der Waals surface area contributed by atoms with E-state index in [9.17, 15) is 9.59 Å². The summed E-state index contributed by atoms with van der Waals surface area (Å²) >= 11 is 0. The Morgan fingerprint density at radius 1 is 0.944 bits per heavy atom. The zero-order valence-electron chi connectivity index (χ0n) is 9.55. The van der Waals surface area contributed by atoms with Crippen molar-refractivity contribution in [2.75, 3.05) is 0 Å². The standard InChI is InChI=1S/C15H9O2.Yb/c1-9-5-4-8-12-13(9)15(17)11-7-3-2-6-10(11)14(12)16;/h2-6,8H,1H3;/q-1;. The number of hydrogen-bond donors (Lipinski definition) is 0. The van der Waals surface area contributed by atoms with Crippen LogP contribution in [0.25, 0.3) is 0 Å². The Morgan fingerprint density at radius 2 is 1.67 bits per heavy atom. The Bertz CT molecular complexity index is 659. The van der Waals surface area contributed by atoms with Gasteiger partial charge in [0.15, 0.2) is 5.78 Å². The summed E-state index contributed by atoms with van der Waals surface area (Å²) in [6.07, 6.45) is 0. The Balaban J connectivity index is 0.00000120. The zero-order chi connectivity index (χ0) is 12.0. The molecule has 3 heteroatoms. The van der Waals surface area contributed by atoms with Crippen molar-refractivity contribution in [3.8, 4) is 0 Å². The summed E-state index contributed by atoms with van der Waals surface area (Å²) in [6, 6.07) is 13.3. The second-order valence-electron chi connectivity index (χ2n) is 4.11. The molecule has 0 bridgehead atoms. The number of carbonyl (C=O) groups is 2. The van der Waals surface area contributed by atoms with Crippen LogP contribution in [0.3, 0.4) is 0 Å². The van der Waals surface area contributed by atoms with Crippen LogP contribution in [0.15, 0.2) is 36.4 Å². The average molecular weight is 394 g/mol. The summed E-state index contributed by atoms with van der Waals surface area (Å²) in [6.45, 7) is 1.85. The van der Waals surface area contributed by atoms with E-state index in [0.717, 1.165) is 5.56 Å². The third kappa shape index (κ3) is 1.93. The van der Waals surface area contributed by atoms with E-state index in [-0.39, 0.29) is 58.5 Å². The predicted molar refractivity (Wildman–Crippen MR) is 63.3 cm³/mol. The topological polar surface area (TPSA) is 34.1 Å². The van der Waals surface area contributed by atoms with E-state index in [1.165, 1.54) is 0 Å². The first kappa shape index (κ1) is 13.7. The SMILES string of the molecule is Cc1cccc2c1C(=O)c1[c-]cccc1C2=O.[Yb]. The van der Waals surface area contributed by atoms with Crippen molar-refractivity contribution in [3.05, 3.63) is 70.3 Å². The molecule has 2 nitrogen and oxygen atoms in total. The maximum atomic E-state index is 12.3. The van der Waals surface area contributed by atoms with Gasteiger partial charge in [0.1, 0.15) is 5.78 Å². The van der Waals surface area contributed by atoms with Crippen LogP contribution in [-0.4, -0.2) is 11.6 Å². The minimum absolute atomic E-state index is 0. The van der Waals surface area contributed by atoms with Gasteiger partial charge in [0.2, 0.25) is 0 Å². The maximum absolute atomic E-state index is 12.3. The molecule has 0 unspecified atom stereocenters. The van der Waals surface area contributed by atoms with Gasteiger partial charge in [-0.2, -0.15) is 0 Å². The normalized spacial score (nSPS) is 12.5. The van der Waals surface area contributed by atoms with Gasteiger partial charge in [-0.15, -0.1) is 24.3 Å². The van der Waals surface area contributed by atoms with Crippen LogP contribution in [0.1, 0.15) is 37.4 Å². The molecule has 0 amide bonds. The van der Waals surface area contributed by atoms with Gasteiger partial charge >= 0.3 is 0 Å². The van der Waals surface area contributed by atoms with Crippen LogP contribution in [-0.2, 0) is 0 Å². The summed E-state index contributed by atoms with van der Waals surface area (Å²) in [5.41, 5.74) is 2.70. The molecule has 0 saturated heterocycles. The molecule has 2 aromatic carbocycles. The molecule has 1 aliphatic rings. The third-order valence-electron chi connectivity index (χ3n) is 3.07. The van der Waals surface area contributed by atoms with E-state index >= 15 is 0 Å². The summed E-state index contributed by atoms with van der Waals surface area (Å²) in [7, 11) is 0. The molecule has 0 aromatic heterocycles. The van der Waals surface area contributed by atoms with Crippen molar-refractivity contribution in [2.45, 2.75) is 6.92 Å². The van der Waals surface area contributed by atoms with Crippen LogP contribution < -0.4 is 0 Å². The van der Waals surface area contributed by atoms with Crippen LogP contribution in [0.4, 0.5) is 0 Å². The third-order valence-corrected chi connectivity index (χ3v) is 3.07. The zero-order valence-corrected chi connectivity index (χ0v) is 11.3. The second-order valence-corrected chi connectivity index (χ2v) is 4.11. The van der Waals surface area contributed by atoms with E-state index in [1.807, 2.05) is 13.0 Å². The number of aryl methyl sites for hydroxylation is 1. The van der Waals surface area contributed by atoms with Crippen molar-refractivity contribution in [1.82, 2.24) is 0 Å². The molecule has 18 heavy (non-hydrogen) atoms. The molecule has 96 valence electrons. The average Bonchev–Trinajstić information content (AvgIpc) is 2.36. The molecule has 1 aliphatic carbocycles. The fraction of sp³-hybridized carbons (Fsp3) is 0.0667. The first-order valence-electron chi connectivity index (χ1n) is 5.40. The van der Waals surface area contributed by atoms with Crippen molar-refractivity contribution in [1.29, 1.82) is 0 Å². The molecule has 0 atom stereocenters. The van der Waals surface area contributed by atoms with Gasteiger partial charge in [-0.25, -0.2) is 0 Å². The van der Waals surface area contributed by atoms with E-state index < -0.39 is 0 Å². The largest absolute Gasteiger partial charge is 0.346 e. The monoisotopic (exact) mass is 395 g/mol. The Kier molecular flexibility index (Phi) is 3.90. The Labute approximate surface area is 144 Å². The van der Waals surface area contributed by atoms with Crippen LogP contribution in [0.2, 0.25) is 0 Å². The molecular formula is C15H9O2Yb-. The summed E-state index contributed by atoms with van der Waals surface area (Å²) in [5.74, 6) is -0.191. The van der Waals surface area contributed by atoms with Crippen molar-refractivity contribution >= 4 is 11.6 Å². The van der Waals surface area contributed by atoms with Gasteiger partial charge in [-0.3, -0.25) is 4.79 Å². The molecular weight excluding hydrogens is 385 g/mol. The molecule has 0 heterocycles. The van der Waals surface area contributed by atoms with Crippen LogP contribution in [0, 0.1) is 59.9 Å². The van der Waals surface area contributed by atoms with E-state index in [1.54, 1.807) is 30.3 Å². The molecule has 0 radical (unpaired) electrons. The molecule has 0 aliphatic heterocycles. The summed E-state index contributed by atoms with van der Waals surface area (Å²) in [4.78, 5) is 24.5. The minimum Gasteiger partial charge on any atom is -0.346 e. The predicted octanol–water partition coefficient (Wildman–Crippen LogP) is 2.57. The summed E-state index contributed by atoms with van der Waals surface area (Å²) < 4.78 is 0. The quantitative estimate of drug-likeness (QED) is 0.550. The van der Waals surface area contributed by atoms with Crippen molar-refractivity contribution in [2.24, 2.45) is 0 Å². The Morgan fingerprint density at radius 3 is 2.44 bits per heavy atom.